The number of carbonyl (C=O) groups is 2. The normalized spacial score (nSPS) is 11.3. The molecular weight excluding hydrogens is 670 g/mol. The highest BCUT2D eigenvalue weighted by molar-refractivity contribution is 6.07. The quantitative estimate of drug-likeness (QED) is 0.117. The lowest BCUT2D eigenvalue weighted by molar-refractivity contribution is 0.0738. The third kappa shape index (κ3) is 8.94. The van der Waals surface area contributed by atoms with Crippen LogP contribution in [0.1, 0.15) is 48.1 Å². The zero-order valence-corrected chi connectivity index (χ0v) is 30.7. The average Bonchev–Trinajstić information content (AvgIpc) is 3.58. The van der Waals surface area contributed by atoms with E-state index >= 15 is 0 Å². The van der Waals surface area contributed by atoms with Crippen LogP contribution in [-0.2, 0) is 16.8 Å². The number of methoxy groups -OCH3 is 1. The lowest BCUT2D eigenvalue weighted by Crippen LogP contribution is -2.30. The minimum absolute atomic E-state index is 0.214. The number of amides is 3. The Morgan fingerprint density at radius 3 is 2.36 bits per heavy atom. The third-order valence-corrected chi connectivity index (χ3v) is 8.45. The standard InChI is InChI=1S/C40H43N9O4/c1-26-11-13-28(14-12-26)49-37(22-34(47-49)40(2,3)4)46-39(51)44-31-15-16-33(30-10-8-7-9-29(30)31)53-25-27-17-18-41-35(21-27)45-36-24-42-32(23-43-36)38(50)48(5)19-20-52-6/h7-18,21-24H,19-20,25H2,1-6H3,(H,41,43,45)(H2,44,46,51). The summed E-state index contributed by atoms with van der Waals surface area (Å²) in [6.07, 6.45) is 4.60. The SMILES string of the molecule is COCCN(C)C(=O)c1cnc(Nc2cc(COc3ccc(NC(=O)Nc4cc(C(C)(C)C)nn4-c4ccc(C)cc4)c4ccccc34)ccn2)cn1. The first-order valence-corrected chi connectivity index (χ1v) is 17.2. The van der Waals surface area contributed by atoms with E-state index in [4.69, 9.17) is 14.6 Å². The van der Waals surface area contributed by atoms with Crippen molar-refractivity contribution in [1.82, 2.24) is 29.6 Å². The summed E-state index contributed by atoms with van der Waals surface area (Å²) >= 11 is 0. The lowest BCUT2D eigenvalue weighted by Gasteiger charge is -2.16. The summed E-state index contributed by atoms with van der Waals surface area (Å²) in [5, 5.41) is 15.7. The number of nitrogens with one attached hydrogen (secondary N) is 3. The average molecular weight is 714 g/mol. The van der Waals surface area contributed by atoms with Crippen molar-refractivity contribution in [3.63, 3.8) is 0 Å². The van der Waals surface area contributed by atoms with Crippen LogP contribution in [-0.4, -0.2) is 68.9 Å². The molecule has 0 saturated heterocycles. The number of anilines is 4. The van der Waals surface area contributed by atoms with Crippen LogP contribution in [0.4, 0.5) is 27.9 Å². The number of hydrogen-bond acceptors (Lipinski definition) is 9. The largest absolute Gasteiger partial charge is 0.488 e. The van der Waals surface area contributed by atoms with Crippen LogP contribution in [0, 0.1) is 6.92 Å². The van der Waals surface area contributed by atoms with Crippen LogP contribution in [0.25, 0.3) is 16.5 Å². The van der Waals surface area contributed by atoms with Gasteiger partial charge in [0.15, 0.2) is 0 Å². The Morgan fingerprint density at radius 1 is 0.868 bits per heavy atom. The first-order chi connectivity index (χ1) is 25.5. The highest BCUT2D eigenvalue weighted by Crippen LogP contribution is 2.33. The zero-order chi connectivity index (χ0) is 37.5. The van der Waals surface area contributed by atoms with Crippen molar-refractivity contribution in [2.24, 2.45) is 0 Å². The van der Waals surface area contributed by atoms with Gasteiger partial charge in [0, 0.05) is 49.2 Å². The molecule has 3 aromatic heterocycles. The molecule has 3 aromatic carbocycles. The highest BCUT2D eigenvalue weighted by atomic mass is 16.5. The molecule has 0 aliphatic rings. The second-order valence-electron chi connectivity index (χ2n) is 13.6. The first kappa shape index (κ1) is 36.5. The molecule has 6 aromatic rings. The lowest BCUT2D eigenvalue weighted by atomic mass is 9.92. The molecule has 0 unspecified atom stereocenters. The third-order valence-electron chi connectivity index (χ3n) is 8.45. The number of benzene rings is 3. The molecule has 0 fully saturated rings. The maximum absolute atomic E-state index is 13.5. The van der Waals surface area contributed by atoms with Gasteiger partial charge in [-0.25, -0.2) is 24.4 Å². The van der Waals surface area contributed by atoms with Gasteiger partial charge in [-0.05, 0) is 48.9 Å². The molecule has 0 aliphatic heterocycles. The van der Waals surface area contributed by atoms with Gasteiger partial charge >= 0.3 is 6.03 Å². The number of carbonyl (C=O) groups excluding carboxylic acids is 2. The Hall–Kier alpha value is -6.34. The summed E-state index contributed by atoms with van der Waals surface area (Å²) < 4.78 is 13.1. The zero-order valence-electron chi connectivity index (χ0n) is 30.7. The van der Waals surface area contributed by atoms with Crippen molar-refractivity contribution in [2.45, 2.75) is 39.7 Å². The fourth-order valence-corrected chi connectivity index (χ4v) is 5.45. The van der Waals surface area contributed by atoms with Crippen LogP contribution in [0.15, 0.2) is 97.5 Å². The smallest absolute Gasteiger partial charge is 0.324 e. The Labute approximate surface area is 308 Å². The molecule has 13 nitrogen and oxygen atoms in total. The minimum atomic E-state index is -0.394. The van der Waals surface area contributed by atoms with Crippen molar-refractivity contribution in [2.75, 3.05) is 43.3 Å². The van der Waals surface area contributed by atoms with E-state index in [2.05, 4.69) is 51.7 Å². The van der Waals surface area contributed by atoms with Gasteiger partial charge in [0.05, 0.1) is 36.1 Å². The molecule has 53 heavy (non-hydrogen) atoms. The molecule has 13 heteroatoms. The Balaban J connectivity index is 1.13. The van der Waals surface area contributed by atoms with E-state index in [9.17, 15) is 9.59 Å². The topological polar surface area (TPSA) is 148 Å². The fraction of sp³-hybridized carbons (Fsp3) is 0.250. The van der Waals surface area contributed by atoms with E-state index < -0.39 is 6.03 Å². The Morgan fingerprint density at radius 2 is 1.64 bits per heavy atom. The van der Waals surface area contributed by atoms with E-state index in [1.54, 1.807) is 25.0 Å². The Bertz CT molecular complexity index is 2210. The number of hydrogen-bond donors (Lipinski definition) is 3. The van der Waals surface area contributed by atoms with Gasteiger partial charge in [0.1, 0.15) is 35.5 Å². The number of aromatic nitrogens is 5. The first-order valence-electron chi connectivity index (χ1n) is 17.2. The monoisotopic (exact) mass is 713 g/mol. The molecule has 0 spiro atoms. The minimum Gasteiger partial charge on any atom is -0.488 e. The maximum atomic E-state index is 13.5. The van der Waals surface area contributed by atoms with Gasteiger partial charge in [-0.3, -0.25) is 10.1 Å². The van der Waals surface area contributed by atoms with Crippen LogP contribution >= 0.6 is 0 Å². The van der Waals surface area contributed by atoms with Gasteiger partial charge < -0.3 is 25.0 Å². The van der Waals surface area contributed by atoms with Crippen LogP contribution < -0.4 is 20.7 Å². The van der Waals surface area contributed by atoms with Crippen molar-refractivity contribution >= 4 is 45.9 Å². The summed E-state index contributed by atoms with van der Waals surface area (Å²) in [4.78, 5) is 40.5. The molecule has 0 saturated carbocycles. The molecular formula is C40H43N9O4. The molecule has 6 rings (SSSR count). The second kappa shape index (κ2) is 15.9. The highest BCUT2D eigenvalue weighted by Gasteiger charge is 2.22. The molecule has 0 aliphatic carbocycles. The molecule has 3 amide bonds. The van der Waals surface area contributed by atoms with Gasteiger partial charge in [0.25, 0.3) is 5.91 Å². The summed E-state index contributed by atoms with van der Waals surface area (Å²) in [6.45, 7) is 9.44. The molecule has 3 N–H and O–H groups in total. The van der Waals surface area contributed by atoms with Crippen molar-refractivity contribution < 1.29 is 19.1 Å². The number of pyridine rings is 1. The van der Waals surface area contributed by atoms with Gasteiger partial charge in [-0.1, -0.05) is 62.7 Å². The maximum Gasteiger partial charge on any atom is 0.324 e. The number of aryl methyl sites for hydroxylation is 1. The van der Waals surface area contributed by atoms with E-state index in [0.29, 0.717) is 42.0 Å². The predicted molar refractivity (Wildman–Crippen MR) is 206 cm³/mol. The van der Waals surface area contributed by atoms with Crippen LogP contribution in [0.5, 0.6) is 5.75 Å². The molecule has 0 radical (unpaired) electrons. The number of likely N-dealkylation sites (N-methyl/N-ethyl adjacent to an activating group) is 1. The van der Waals surface area contributed by atoms with Crippen molar-refractivity contribution in [3.8, 4) is 11.4 Å². The number of ether oxygens (including phenoxy) is 2. The molecule has 0 bridgehead atoms. The summed E-state index contributed by atoms with van der Waals surface area (Å²) in [7, 11) is 3.27. The number of rotatable bonds is 12. The summed E-state index contributed by atoms with van der Waals surface area (Å²) in [6, 6.07) is 24.7. The van der Waals surface area contributed by atoms with Gasteiger partial charge in [0.2, 0.25) is 0 Å². The Kier molecular flexibility index (Phi) is 10.9. The second-order valence-corrected chi connectivity index (χ2v) is 13.6. The van der Waals surface area contributed by atoms with Gasteiger partial charge in [-0.2, -0.15) is 5.10 Å². The number of nitrogens with zero attached hydrogens (tertiary/aromatic N) is 6. The van der Waals surface area contributed by atoms with Crippen LogP contribution in [0.3, 0.4) is 0 Å². The summed E-state index contributed by atoms with van der Waals surface area (Å²) in [5.41, 5.74) is 4.37. The summed E-state index contributed by atoms with van der Waals surface area (Å²) in [5.74, 6) is 1.97. The fourth-order valence-electron chi connectivity index (χ4n) is 5.45. The van der Waals surface area contributed by atoms with E-state index in [0.717, 1.165) is 33.3 Å². The van der Waals surface area contributed by atoms with E-state index in [1.807, 2.05) is 85.8 Å². The molecule has 3 heterocycles. The number of fused-ring (bicyclic) bond motifs is 1. The van der Waals surface area contributed by atoms with E-state index in [1.165, 1.54) is 17.3 Å². The van der Waals surface area contributed by atoms with Gasteiger partial charge in [-0.15, -0.1) is 0 Å². The van der Waals surface area contributed by atoms with Crippen LogP contribution in [0.2, 0.25) is 0 Å². The van der Waals surface area contributed by atoms with Crippen molar-refractivity contribution in [1.29, 1.82) is 0 Å². The van der Waals surface area contributed by atoms with Crippen molar-refractivity contribution in [3.05, 3.63) is 120 Å². The molecule has 272 valence electrons. The predicted octanol–water partition coefficient (Wildman–Crippen LogP) is 7.50. The van der Waals surface area contributed by atoms with E-state index in [-0.39, 0.29) is 23.6 Å². The number of urea groups is 1. The molecule has 0 atom stereocenters.